The molecule has 3 nitrogen and oxygen atoms in total. The van der Waals surface area contributed by atoms with Crippen molar-refractivity contribution in [1.29, 1.82) is 0 Å². The second kappa shape index (κ2) is 6.22. The third-order valence-electron chi connectivity index (χ3n) is 3.47. The van der Waals surface area contributed by atoms with Crippen molar-refractivity contribution in [3.05, 3.63) is 39.3 Å². The number of carbonyl (C=O) groups is 1. The number of allylic oxidation sites excluding steroid dienone is 2. The molecule has 0 saturated carbocycles. The van der Waals surface area contributed by atoms with Crippen LogP contribution in [0.15, 0.2) is 39.3 Å². The van der Waals surface area contributed by atoms with Crippen molar-refractivity contribution in [2.75, 3.05) is 18.5 Å². The minimum Gasteiger partial charge on any atom is -0.345 e. The van der Waals surface area contributed by atoms with Gasteiger partial charge < -0.3 is 9.80 Å². The average Bonchev–Trinajstić information content (AvgIpc) is 2.75. The SMILES string of the molecule is CCN1C(C)=C(C(C)=O)SC1N(C)c1ccc(Br)cc1. The molecule has 0 saturated heterocycles. The van der Waals surface area contributed by atoms with E-state index in [1.165, 1.54) is 0 Å². The molecule has 0 fully saturated rings. The topological polar surface area (TPSA) is 23.6 Å². The highest BCUT2D eigenvalue weighted by Gasteiger charge is 2.33. The molecule has 0 aliphatic carbocycles. The van der Waals surface area contributed by atoms with Crippen molar-refractivity contribution in [2.24, 2.45) is 0 Å². The molecule has 5 heteroatoms. The maximum atomic E-state index is 11.7. The van der Waals surface area contributed by atoms with E-state index in [2.05, 4.69) is 51.8 Å². The summed E-state index contributed by atoms with van der Waals surface area (Å²) in [7, 11) is 2.07. The van der Waals surface area contributed by atoms with E-state index in [-0.39, 0.29) is 11.3 Å². The highest BCUT2D eigenvalue weighted by molar-refractivity contribution is 9.10. The van der Waals surface area contributed by atoms with Crippen LogP contribution in [0.25, 0.3) is 0 Å². The molecular weight excluding hydrogens is 336 g/mol. The number of nitrogens with zero attached hydrogens (tertiary/aromatic N) is 2. The summed E-state index contributed by atoms with van der Waals surface area (Å²) >= 11 is 5.09. The van der Waals surface area contributed by atoms with Crippen LogP contribution in [0.3, 0.4) is 0 Å². The molecule has 0 aromatic heterocycles. The van der Waals surface area contributed by atoms with Crippen LogP contribution in [0, 0.1) is 0 Å². The summed E-state index contributed by atoms with van der Waals surface area (Å²) < 4.78 is 1.07. The third kappa shape index (κ3) is 2.88. The van der Waals surface area contributed by atoms with Crippen LogP contribution in [0.4, 0.5) is 5.69 Å². The van der Waals surface area contributed by atoms with Crippen molar-refractivity contribution in [3.63, 3.8) is 0 Å². The minimum absolute atomic E-state index is 0.139. The largest absolute Gasteiger partial charge is 0.345 e. The quantitative estimate of drug-likeness (QED) is 0.813. The Morgan fingerprint density at radius 2 is 2.00 bits per heavy atom. The summed E-state index contributed by atoms with van der Waals surface area (Å²) in [5.41, 5.74) is 2.36. The lowest BCUT2D eigenvalue weighted by molar-refractivity contribution is -0.113. The molecule has 1 heterocycles. The van der Waals surface area contributed by atoms with Gasteiger partial charge in [0.1, 0.15) is 0 Å². The molecule has 1 aliphatic heterocycles. The molecule has 0 bridgehead atoms. The van der Waals surface area contributed by atoms with Gasteiger partial charge in [0, 0.05) is 29.4 Å². The second-order valence-corrected chi connectivity index (χ2v) is 6.77. The average molecular weight is 355 g/mol. The van der Waals surface area contributed by atoms with Crippen LogP contribution in [0.1, 0.15) is 20.8 Å². The zero-order valence-corrected chi connectivity index (χ0v) is 14.6. The molecule has 1 aromatic rings. The molecule has 0 spiro atoms. The van der Waals surface area contributed by atoms with Gasteiger partial charge in [0.15, 0.2) is 11.3 Å². The van der Waals surface area contributed by atoms with Gasteiger partial charge in [-0.1, -0.05) is 27.7 Å². The van der Waals surface area contributed by atoms with Crippen LogP contribution >= 0.6 is 27.7 Å². The number of carbonyl (C=O) groups excluding carboxylic acids is 1. The summed E-state index contributed by atoms with van der Waals surface area (Å²) in [4.78, 5) is 17.1. The van der Waals surface area contributed by atoms with Crippen molar-refractivity contribution < 1.29 is 4.79 Å². The van der Waals surface area contributed by atoms with Gasteiger partial charge in [0.05, 0.1) is 4.91 Å². The fourth-order valence-corrected chi connectivity index (χ4v) is 4.02. The van der Waals surface area contributed by atoms with Crippen LogP contribution in [0.5, 0.6) is 0 Å². The second-order valence-electron chi connectivity index (χ2n) is 4.79. The van der Waals surface area contributed by atoms with Gasteiger partial charge in [-0.3, -0.25) is 4.79 Å². The van der Waals surface area contributed by atoms with Crippen molar-refractivity contribution in [3.8, 4) is 0 Å². The number of anilines is 1. The van der Waals surface area contributed by atoms with E-state index in [0.717, 1.165) is 27.3 Å². The van der Waals surface area contributed by atoms with Crippen LogP contribution in [-0.4, -0.2) is 29.8 Å². The Bertz CT molecular complexity index is 541. The Labute approximate surface area is 133 Å². The van der Waals surface area contributed by atoms with Crippen molar-refractivity contribution >= 4 is 39.2 Å². The third-order valence-corrected chi connectivity index (χ3v) is 5.60. The predicted molar refractivity (Wildman–Crippen MR) is 89.7 cm³/mol. The van der Waals surface area contributed by atoms with Gasteiger partial charge in [-0.2, -0.15) is 0 Å². The molecule has 1 aliphatic rings. The molecular formula is C15H19BrN2OS. The number of benzene rings is 1. The number of thioether (sulfide) groups is 1. The molecule has 1 aromatic carbocycles. The van der Waals surface area contributed by atoms with E-state index < -0.39 is 0 Å². The standard InChI is InChI=1S/C15H19BrN2OS/c1-5-18-10(2)14(11(3)19)20-15(18)17(4)13-8-6-12(16)7-9-13/h6-9,15H,5H2,1-4H3. The van der Waals surface area contributed by atoms with Crippen LogP contribution in [0.2, 0.25) is 0 Å². The van der Waals surface area contributed by atoms with Gasteiger partial charge in [0.2, 0.25) is 0 Å². The lowest BCUT2D eigenvalue weighted by Crippen LogP contribution is -2.40. The van der Waals surface area contributed by atoms with Gasteiger partial charge in [0.25, 0.3) is 0 Å². The first kappa shape index (κ1) is 15.4. The summed E-state index contributed by atoms with van der Waals surface area (Å²) in [6.45, 7) is 6.68. The number of halogens is 1. The Hall–Kier alpha value is -0.940. The van der Waals surface area contributed by atoms with E-state index in [9.17, 15) is 4.79 Å². The maximum Gasteiger partial charge on any atom is 0.168 e. The summed E-state index contributed by atoms with van der Waals surface area (Å²) in [6, 6.07) is 8.24. The van der Waals surface area contributed by atoms with Gasteiger partial charge >= 0.3 is 0 Å². The zero-order valence-electron chi connectivity index (χ0n) is 12.2. The maximum absolute atomic E-state index is 11.7. The number of ketones is 1. The lowest BCUT2D eigenvalue weighted by Gasteiger charge is -2.34. The first-order valence-electron chi connectivity index (χ1n) is 6.59. The lowest BCUT2D eigenvalue weighted by atomic mass is 10.3. The van der Waals surface area contributed by atoms with Gasteiger partial charge in [-0.15, -0.1) is 0 Å². The Kier molecular flexibility index (Phi) is 4.81. The zero-order chi connectivity index (χ0) is 14.9. The van der Waals surface area contributed by atoms with E-state index in [1.54, 1.807) is 18.7 Å². The molecule has 0 N–H and O–H groups in total. The number of Topliss-reactive ketones (excluding diaryl/α,β-unsaturated/α-hetero) is 1. The summed E-state index contributed by atoms with van der Waals surface area (Å²) in [6.07, 6.45) is 0. The van der Waals surface area contributed by atoms with Crippen molar-refractivity contribution in [1.82, 2.24) is 4.90 Å². The predicted octanol–water partition coefficient (Wildman–Crippen LogP) is 4.06. The smallest absolute Gasteiger partial charge is 0.168 e. The summed E-state index contributed by atoms with van der Waals surface area (Å²) in [5, 5.41) is 0. The molecule has 0 amide bonds. The first-order valence-corrected chi connectivity index (χ1v) is 8.26. The Morgan fingerprint density at radius 1 is 1.40 bits per heavy atom. The number of rotatable bonds is 4. The van der Waals surface area contributed by atoms with E-state index in [0.29, 0.717) is 0 Å². The normalized spacial score (nSPS) is 18.6. The molecule has 0 radical (unpaired) electrons. The van der Waals surface area contributed by atoms with E-state index in [1.807, 2.05) is 19.1 Å². The van der Waals surface area contributed by atoms with Crippen molar-refractivity contribution in [2.45, 2.75) is 26.3 Å². The van der Waals surface area contributed by atoms with E-state index >= 15 is 0 Å². The fourth-order valence-electron chi connectivity index (χ4n) is 2.37. The van der Waals surface area contributed by atoms with Gasteiger partial charge in [-0.05, 0) is 45.0 Å². The molecule has 1 unspecified atom stereocenters. The number of hydrogen-bond donors (Lipinski definition) is 0. The molecule has 108 valence electrons. The minimum atomic E-state index is 0.139. The highest BCUT2D eigenvalue weighted by Crippen LogP contribution is 2.40. The fraction of sp³-hybridized carbons (Fsp3) is 0.400. The van der Waals surface area contributed by atoms with Gasteiger partial charge in [-0.25, -0.2) is 0 Å². The Morgan fingerprint density at radius 3 is 2.50 bits per heavy atom. The molecule has 1 atom stereocenters. The monoisotopic (exact) mass is 354 g/mol. The van der Waals surface area contributed by atoms with E-state index in [4.69, 9.17) is 0 Å². The number of hydrogen-bond acceptors (Lipinski definition) is 4. The van der Waals surface area contributed by atoms with Crippen LogP contribution < -0.4 is 4.90 Å². The van der Waals surface area contributed by atoms with Crippen LogP contribution in [-0.2, 0) is 4.79 Å². The Balaban J connectivity index is 2.25. The first-order chi connectivity index (χ1) is 9.45. The summed E-state index contributed by atoms with van der Waals surface area (Å²) in [5.74, 6) is 0.151. The molecule has 2 rings (SSSR count). The molecule has 20 heavy (non-hydrogen) atoms. The highest BCUT2D eigenvalue weighted by atomic mass is 79.9.